The maximum atomic E-state index is 10.4. The van der Waals surface area contributed by atoms with Gasteiger partial charge in [0.1, 0.15) is 17.4 Å². The largest absolute Gasteiger partial charge is 0.508 e. The van der Waals surface area contributed by atoms with Crippen LogP contribution in [0.25, 0.3) is 32.8 Å². The molecule has 5 aromatic rings. The molecule has 2 N–H and O–H groups in total. The molecule has 2 aromatic heterocycles. The lowest BCUT2D eigenvalue weighted by molar-refractivity contribution is 0.476. The predicted molar refractivity (Wildman–Crippen MR) is 143 cm³/mol. The van der Waals surface area contributed by atoms with E-state index in [1.54, 1.807) is 0 Å². The van der Waals surface area contributed by atoms with E-state index in [2.05, 4.69) is 39.5 Å². The van der Waals surface area contributed by atoms with Crippen molar-refractivity contribution in [2.45, 2.75) is 31.3 Å². The Morgan fingerprint density at radius 1 is 0.861 bits per heavy atom. The Morgan fingerprint density at radius 2 is 1.67 bits per heavy atom. The molecule has 3 aromatic carbocycles. The van der Waals surface area contributed by atoms with Gasteiger partial charge in [-0.1, -0.05) is 30.3 Å². The lowest BCUT2D eigenvalue weighted by Gasteiger charge is -2.37. The number of benzene rings is 3. The molecule has 2 atom stereocenters. The first-order valence-electron chi connectivity index (χ1n) is 12.6. The molecule has 178 valence electrons. The van der Waals surface area contributed by atoms with Gasteiger partial charge in [-0.05, 0) is 76.7 Å². The van der Waals surface area contributed by atoms with Crippen LogP contribution in [-0.2, 0) is 6.42 Å². The third kappa shape index (κ3) is 3.65. The second-order valence-corrected chi connectivity index (χ2v) is 9.89. The highest BCUT2D eigenvalue weighted by molar-refractivity contribution is 6.01. The number of phenolic OH excluding ortho intramolecular Hbond substituents is 1. The Hall–Kier alpha value is -4.03. The lowest BCUT2D eigenvalue weighted by Crippen LogP contribution is -2.52. The van der Waals surface area contributed by atoms with Crippen molar-refractivity contribution in [3.8, 4) is 16.9 Å². The normalized spacial score (nSPS) is 19.3. The number of hydrogen-bond donors (Lipinski definition) is 2. The second-order valence-electron chi connectivity index (χ2n) is 9.89. The van der Waals surface area contributed by atoms with Gasteiger partial charge in [-0.15, -0.1) is 0 Å². The Balaban J connectivity index is 1.41. The monoisotopic (exact) mass is 473 g/mol. The fourth-order valence-corrected chi connectivity index (χ4v) is 5.94. The van der Waals surface area contributed by atoms with Gasteiger partial charge in [0.2, 0.25) is 0 Å². The number of nitrogens with zero attached hydrogens (tertiary/aromatic N) is 4. The number of hydrogen-bond acceptors (Lipinski definition) is 6. The van der Waals surface area contributed by atoms with Crippen molar-refractivity contribution in [1.82, 2.24) is 20.3 Å². The maximum absolute atomic E-state index is 10.4. The molecule has 2 fully saturated rings. The number of pyridine rings is 1. The van der Waals surface area contributed by atoms with Gasteiger partial charge in [0.15, 0.2) is 0 Å². The summed E-state index contributed by atoms with van der Waals surface area (Å²) < 4.78 is 0. The summed E-state index contributed by atoms with van der Waals surface area (Å²) in [5.74, 6) is 2.13. The molecule has 6 nitrogen and oxygen atoms in total. The second kappa shape index (κ2) is 8.57. The minimum Gasteiger partial charge on any atom is -0.508 e. The van der Waals surface area contributed by atoms with Gasteiger partial charge in [-0.2, -0.15) is 0 Å². The summed E-state index contributed by atoms with van der Waals surface area (Å²) in [6.45, 7) is 1.99. The number of rotatable bonds is 4. The quantitative estimate of drug-likeness (QED) is 0.379. The van der Waals surface area contributed by atoms with Crippen LogP contribution in [0.1, 0.15) is 24.2 Å². The van der Waals surface area contributed by atoms with Gasteiger partial charge in [0.25, 0.3) is 0 Å². The van der Waals surface area contributed by atoms with Crippen LogP contribution in [0.3, 0.4) is 0 Å². The molecule has 2 bridgehead atoms. The number of phenols is 1. The van der Waals surface area contributed by atoms with Crippen LogP contribution in [0.4, 0.5) is 5.82 Å². The van der Waals surface area contributed by atoms with Crippen molar-refractivity contribution in [3.05, 3.63) is 90.5 Å². The molecule has 0 unspecified atom stereocenters. The van der Waals surface area contributed by atoms with Crippen molar-refractivity contribution in [1.29, 1.82) is 0 Å². The van der Waals surface area contributed by atoms with Crippen molar-refractivity contribution in [2.24, 2.45) is 0 Å². The van der Waals surface area contributed by atoms with E-state index in [-0.39, 0.29) is 5.75 Å². The number of aromatic hydroxyl groups is 1. The summed E-state index contributed by atoms with van der Waals surface area (Å²) in [5, 5.41) is 17.2. The third-order valence-electron chi connectivity index (χ3n) is 7.62. The number of fused-ring (bicyclic) bond motifs is 4. The van der Waals surface area contributed by atoms with Crippen LogP contribution in [0, 0.1) is 0 Å². The average Bonchev–Trinajstić information content (AvgIpc) is 3.15. The Morgan fingerprint density at radius 3 is 2.50 bits per heavy atom. The van der Waals surface area contributed by atoms with Gasteiger partial charge < -0.3 is 15.3 Å². The Labute approximate surface area is 209 Å². The Kier molecular flexibility index (Phi) is 5.06. The smallest absolute Gasteiger partial charge is 0.140 e. The third-order valence-corrected chi connectivity index (χ3v) is 7.62. The molecule has 2 saturated heterocycles. The van der Waals surface area contributed by atoms with Crippen molar-refractivity contribution in [3.63, 3.8) is 0 Å². The van der Waals surface area contributed by atoms with Gasteiger partial charge in [-0.3, -0.25) is 4.98 Å². The molecule has 0 saturated carbocycles. The van der Waals surface area contributed by atoms with Crippen LogP contribution >= 0.6 is 0 Å². The molecular formula is C30H27N5O. The Bertz CT molecular complexity index is 1570. The van der Waals surface area contributed by atoms with E-state index in [0.717, 1.165) is 63.1 Å². The minimum atomic E-state index is 0.267. The number of nitrogens with one attached hydrogen (secondary N) is 1. The summed E-state index contributed by atoms with van der Waals surface area (Å²) in [5.41, 5.74) is 4.13. The molecule has 4 heterocycles. The van der Waals surface area contributed by atoms with Gasteiger partial charge in [0.05, 0.1) is 5.52 Å². The zero-order valence-electron chi connectivity index (χ0n) is 19.9. The topological polar surface area (TPSA) is 74.2 Å². The molecule has 0 spiro atoms. The molecule has 36 heavy (non-hydrogen) atoms. The summed E-state index contributed by atoms with van der Waals surface area (Å²) in [4.78, 5) is 16.9. The summed E-state index contributed by atoms with van der Waals surface area (Å²) >= 11 is 0. The molecule has 2 aliphatic rings. The van der Waals surface area contributed by atoms with Crippen LogP contribution in [0.5, 0.6) is 5.75 Å². The zero-order valence-corrected chi connectivity index (χ0v) is 19.9. The van der Waals surface area contributed by atoms with Gasteiger partial charge in [-0.25, -0.2) is 9.97 Å². The van der Waals surface area contributed by atoms with E-state index < -0.39 is 0 Å². The number of anilines is 1. The number of aromatic nitrogens is 3. The predicted octanol–water partition coefficient (Wildman–Crippen LogP) is 5.08. The first kappa shape index (κ1) is 21.3. The minimum absolute atomic E-state index is 0.267. The maximum Gasteiger partial charge on any atom is 0.140 e. The molecule has 0 radical (unpaired) electrons. The van der Waals surface area contributed by atoms with E-state index in [4.69, 9.17) is 9.97 Å². The van der Waals surface area contributed by atoms with E-state index in [1.807, 2.05) is 54.9 Å². The van der Waals surface area contributed by atoms with Crippen LogP contribution in [0.2, 0.25) is 0 Å². The van der Waals surface area contributed by atoms with Crippen LogP contribution < -0.4 is 10.2 Å². The van der Waals surface area contributed by atoms with Gasteiger partial charge >= 0.3 is 0 Å². The molecular weight excluding hydrogens is 446 g/mol. The summed E-state index contributed by atoms with van der Waals surface area (Å²) in [7, 11) is 0. The fourth-order valence-electron chi connectivity index (χ4n) is 5.94. The highest BCUT2D eigenvalue weighted by Crippen LogP contribution is 2.38. The van der Waals surface area contributed by atoms with Crippen molar-refractivity contribution < 1.29 is 5.11 Å². The summed E-state index contributed by atoms with van der Waals surface area (Å²) in [6, 6.07) is 23.3. The van der Waals surface area contributed by atoms with E-state index in [0.29, 0.717) is 18.5 Å². The van der Waals surface area contributed by atoms with E-state index in [9.17, 15) is 5.11 Å². The lowest BCUT2D eigenvalue weighted by atomic mass is 9.96. The first-order chi connectivity index (χ1) is 17.7. The van der Waals surface area contributed by atoms with E-state index >= 15 is 0 Å². The molecule has 7 rings (SSSR count). The number of piperazine rings is 1. The van der Waals surface area contributed by atoms with Crippen LogP contribution in [-0.4, -0.2) is 45.2 Å². The fraction of sp³-hybridized carbons (Fsp3) is 0.233. The SMILES string of the molecule is Oc1cc(-c2ccc3c(N4[C@@H]5CC[C@H]4CNC5)nc(Cc4ccncc4)nc3c2)c2ccccc2c1. The molecule has 0 aliphatic carbocycles. The highest BCUT2D eigenvalue weighted by atomic mass is 16.3. The standard InChI is InChI=1S/C30H27N5O/c36-24-14-20-3-1-2-4-25(20)27(16-24)21-5-8-26-28(15-21)33-29(13-19-9-11-31-12-10-19)34-30(26)35-22-6-7-23(35)18-32-17-22/h1-5,8-12,14-16,22-23,32,36H,6-7,13,17-18H2/t22-,23+. The average molecular weight is 474 g/mol. The molecule has 0 amide bonds. The van der Waals surface area contributed by atoms with Crippen molar-refractivity contribution in [2.75, 3.05) is 18.0 Å². The summed E-state index contributed by atoms with van der Waals surface area (Å²) in [6.07, 6.45) is 6.68. The molecule has 2 aliphatic heterocycles. The highest BCUT2D eigenvalue weighted by Gasteiger charge is 2.38. The zero-order chi connectivity index (χ0) is 24.1. The van der Waals surface area contributed by atoms with Crippen molar-refractivity contribution >= 4 is 27.5 Å². The van der Waals surface area contributed by atoms with Gasteiger partial charge in [0, 0.05) is 49.4 Å². The first-order valence-corrected chi connectivity index (χ1v) is 12.6. The molecule has 6 heteroatoms. The van der Waals surface area contributed by atoms with E-state index in [1.165, 1.54) is 12.8 Å². The van der Waals surface area contributed by atoms with Crippen LogP contribution in [0.15, 0.2) is 79.1 Å².